The summed E-state index contributed by atoms with van der Waals surface area (Å²) in [4.78, 5) is 14.8. The van der Waals surface area contributed by atoms with Crippen LogP contribution in [0.5, 0.6) is 0 Å². The second-order valence-corrected chi connectivity index (χ2v) is 7.78. The van der Waals surface area contributed by atoms with Gasteiger partial charge in [-0.15, -0.1) is 0 Å². The predicted molar refractivity (Wildman–Crippen MR) is 123 cm³/mol. The average Bonchev–Trinajstić information content (AvgIpc) is 2.80. The van der Waals surface area contributed by atoms with E-state index in [9.17, 15) is 4.79 Å². The summed E-state index contributed by atoms with van der Waals surface area (Å²) in [7, 11) is 1.78. The Hall–Kier alpha value is -3.11. The number of hydrogen-bond acceptors (Lipinski definition) is 3. The highest BCUT2D eigenvalue weighted by molar-refractivity contribution is 5.92. The Bertz CT molecular complexity index is 953. The molecule has 1 aliphatic rings. The molecule has 0 aliphatic carbocycles. The summed E-state index contributed by atoms with van der Waals surface area (Å²) in [5.74, 6) is -0.00682. The van der Waals surface area contributed by atoms with E-state index < -0.39 is 0 Å². The minimum atomic E-state index is -0.00682. The van der Waals surface area contributed by atoms with Crippen molar-refractivity contribution in [1.29, 1.82) is 0 Å². The molecule has 4 rings (SSSR count). The van der Waals surface area contributed by atoms with Crippen LogP contribution >= 0.6 is 0 Å². The molecule has 1 amide bonds. The number of ether oxygens (including phenoxy) is 1. The lowest BCUT2D eigenvalue weighted by Gasteiger charge is -2.33. The molecule has 0 bridgehead atoms. The van der Waals surface area contributed by atoms with Crippen molar-refractivity contribution in [2.75, 3.05) is 30.4 Å². The number of hydrogen-bond donors (Lipinski definition) is 1. The van der Waals surface area contributed by atoms with E-state index in [0.717, 1.165) is 42.7 Å². The Labute approximate surface area is 178 Å². The minimum absolute atomic E-state index is 0.00682. The molecule has 1 aliphatic heterocycles. The highest BCUT2D eigenvalue weighted by atomic mass is 16.5. The first-order valence-electron chi connectivity index (χ1n) is 10.5. The number of amides is 1. The Balaban J connectivity index is 1.33. The van der Waals surface area contributed by atoms with Crippen molar-refractivity contribution in [1.82, 2.24) is 0 Å². The zero-order valence-electron chi connectivity index (χ0n) is 17.4. The first-order chi connectivity index (χ1) is 14.7. The Kier molecular flexibility index (Phi) is 6.45. The maximum atomic E-state index is 12.5. The molecule has 1 atom stereocenters. The molecule has 1 unspecified atom stereocenters. The molecule has 30 heavy (non-hydrogen) atoms. The largest absolute Gasteiger partial charge is 0.380 e. The van der Waals surface area contributed by atoms with Gasteiger partial charge in [-0.3, -0.25) is 4.79 Å². The van der Waals surface area contributed by atoms with Gasteiger partial charge in [0, 0.05) is 31.6 Å². The highest BCUT2D eigenvalue weighted by Gasteiger charge is 2.19. The molecule has 0 saturated carbocycles. The van der Waals surface area contributed by atoms with Crippen molar-refractivity contribution in [3.05, 3.63) is 84.4 Å². The SMILES string of the molecule is COC1CCCN(c2ccc(NC(=O)Cc3ccc(-c4ccccc4)cc3)cc2)C1. The number of piperidine rings is 1. The lowest BCUT2D eigenvalue weighted by Crippen LogP contribution is -2.39. The number of methoxy groups -OCH3 is 1. The second-order valence-electron chi connectivity index (χ2n) is 7.78. The van der Waals surface area contributed by atoms with Crippen LogP contribution in [0.4, 0.5) is 11.4 Å². The number of anilines is 2. The molecule has 0 aromatic heterocycles. The summed E-state index contributed by atoms with van der Waals surface area (Å²) >= 11 is 0. The maximum Gasteiger partial charge on any atom is 0.228 e. The number of nitrogens with one attached hydrogen (secondary N) is 1. The van der Waals surface area contributed by atoms with Crippen LogP contribution in [0.25, 0.3) is 11.1 Å². The zero-order chi connectivity index (χ0) is 20.8. The molecule has 3 aromatic rings. The van der Waals surface area contributed by atoms with Crippen molar-refractivity contribution >= 4 is 17.3 Å². The maximum absolute atomic E-state index is 12.5. The van der Waals surface area contributed by atoms with Crippen LogP contribution in [0.15, 0.2) is 78.9 Å². The van der Waals surface area contributed by atoms with Crippen LogP contribution in [0.3, 0.4) is 0 Å². The van der Waals surface area contributed by atoms with Gasteiger partial charge in [-0.05, 0) is 53.8 Å². The number of nitrogens with zero attached hydrogens (tertiary/aromatic N) is 1. The zero-order valence-corrected chi connectivity index (χ0v) is 17.4. The van der Waals surface area contributed by atoms with Gasteiger partial charge in [0.1, 0.15) is 0 Å². The number of rotatable bonds is 6. The monoisotopic (exact) mass is 400 g/mol. The summed E-state index contributed by atoms with van der Waals surface area (Å²) < 4.78 is 5.51. The normalized spacial score (nSPS) is 16.3. The van der Waals surface area contributed by atoms with Crippen LogP contribution in [-0.4, -0.2) is 32.2 Å². The molecule has 0 radical (unpaired) electrons. The van der Waals surface area contributed by atoms with E-state index in [1.165, 1.54) is 11.3 Å². The van der Waals surface area contributed by atoms with Gasteiger partial charge in [-0.25, -0.2) is 0 Å². The Morgan fingerprint density at radius 2 is 1.67 bits per heavy atom. The lowest BCUT2D eigenvalue weighted by atomic mass is 10.0. The molecule has 1 N–H and O–H groups in total. The Morgan fingerprint density at radius 3 is 2.37 bits per heavy atom. The molecule has 1 fully saturated rings. The molecule has 154 valence electrons. The molecular weight excluding hydrogens is 372 g/mol. The van der Waals surface area contributed by atoms with E-state index in [4.69, 9.17) is 4.74 Å². The number of carbonyl (C=O) groups excluding carboxylic acids is 1. The number of benzene rings is 3. The van der Waals surface area contributed by atoms with Crippen molar-refractivity contribution in [2.24, 2.45) is 0 Å². The van der Waals surface area contributed by atoms with E-state index in [-0.39, 0.29) is 5.91 Å². The minimum Gasteiger partial charge on any atom is -0.380 e. The van der Waals surface area contributed by atoms with Crippen molar-refractivity contribution in [3.63, 3.8) is 0 Å². The molecule has 3 aromatic carbocycles. The molecule has 0 spiro atoms. The molecule has 1 heterocycles. The summed E-state index contributed by atoms with van der Waals surface area (Å²) in [6.45, 7) is 1.96. The standard InChI is InChI=1S/C26H28N2O2/c1-30-25-8-5-17-28(19-25)24-15-13-23(14-16-24)27-26(29)18-20-9-11-22(12-10-20)21-6-3-2-4-7-21/h2-4,6-7,9-16,25H,5,8,17-19H2,1H3,(H,27,29). The van der Waals surface area contributed by atoms with Crippen LogP contribution < -0.4 is 10.2 Å². The average molecular weight is 401 g/mol. The fourth-order valence-electron chi connectivity index (χ4n) is 3.96. The van der Waals surface area contributed by atoms with Gasteiger partial charge in [0.25, 0.3) is 0 Å². The van der Waals surface area contributed by atoms with E-state index >= 15 is 0 Å². The smallest absolute Gasteiger partial charge is 0.228 e. The molecule has 4 nitrogen and oxygen atoms in total. The van der Waals surface area contributed by atoms with Crippen LogP contribution in [-0.2, 0) is 16.0 Å². The number of carbonyl (C=O) groups is 1. The van der Waals surface area contributed by atoms with Gasteiger partial charge >= 0.3 is 0 Å². The molecule has 1 saturated heterocycles. The van der Waals surface area contributed by atoms with Crippen LogP contribution in [0, 0.1) is 0 Å². The van der Waals surface area contributed by atoms with Gasteiger partial charge < -0.3 is 15.0 Å². The van der Waals surface area contributed by atoms with E-state index in [0.29, 0.717) is 12.5 Å². The molecule has 4 heteroatoms. The third-order valence-corrected chi connectivity index (χ3v) is 5.65. The van der Waals surface area contributed by atoms with Crippen molar-refractivity contribution in [3.8, 4) is 11.1 Å². The van der Waals surface area contributed by atoms with Gasteiger partial charge in [-0.2, -0.15) is 0 Å². The van der Waals surface area contributed by atoms with Crippen LogP contribution in [0.2, 0.25) is 0 Å². The predicted octanol–water partition coefficient (Wildman–Crippen LogP) is 5.15. The van der Waals surface area contributed by atoms with Gasteiger partial charge in [0.05, 0.1) is 12.5 Å². The summed E-state index contributed by atoms with van der Waals surface area (Å²) in [6.07, 6.45) is 2.91. The quantitative estimate of drug-likeness (QED) is 0.622. The van der Waals surface area contributed by atoms with Crippen LogP contribution in [0.1, 0.15) is 18.4 Å². The fraction of sp³-hybridized carbons (Fsp3) is 0.269. The first kappa shape index (κ1) is 20.2. The third-order valence-electron chi connectivity index (χ3n) is 5.65. The first-order valence-corrected chi connectivity index (χ1v) is 10.5. The van der Waals surface area contributed by atoms with Gasteiger partial charge in [0.15, 0.2) is 0 Å². The summed E-state index contributed by atoms with van der Waals surface area (Å²) in [5, 5.41) is 3.00. The molecular formula is C26H28N2O2. The summed E-state index contributed by atoms with van der Waals surface area (Å²) in [6, 6.07) is 26.5. The Morgan fingerprint density at radius 1 is 0.967 bits per heavy atom. The highest BCUT2D eigenvalue weighted by Crippen LogP contribution is 2.23. The van der Waals surface area contributed by atoms with Crippen molar-refractivity contribution < 1.29 is 9.53 Å². The topological polar surface area (TPSA) is 41.6 Å². The summed E-state index contributed by atoms with van der Waals surface area (Å²) in [5.41, 5.74) is 5.34. The van der Waals surface area contributed by atoms with Gasteiger partial charge in [0.2, 0.25) is 5.91 Å². The van der Waals surface area contributed by atoms with E-state index in [1.54, 1.807) is 7.11 Å². The van der Waals surface area contributed by atoms with E-state index in [2.05, 4.69) is 46.6 Å². The van der Waals surface area contributed by atoms with E-state index in [1.807, 2.05) is 42.5 Å². The van der Waals surface area contributed by atoms with Gasteiger partial charge in [-0.1, -0.05) is 54.6 Å². The lowest BCUT2D eigenvalue weighted by molar-refractivity contribution is -0.115. The second kappa shape index (κ2) is 9.59. The third kappa shape index (κ3) is 5.08. The fourth-order valence-corrected chi connectivity index (χ4v) is 3.96. The van der Waals surface area contributed by atoms with Crippen molar-refractivity contribution in [2.45, 2.75) is 25.4 Å².